The molecule has 132 valence electrons. The molecule has 1 aliphatic heterocycles. The molecule has 0 aliphatic carbocycles. The van der Waals surface area contributed by atoms with E-state index in [1.54, 1.807) is 0 Å². The summed E-state index contributed by atoms with van der Waals surface area (Å²) in [5, 5.41) is 0. The third-order valence-electron chi connectivity index (χ3n) is 3.76. The van der Waals surface area contributed by atoms with Gasteiger partial charge in [-0.3, -0.25) is 0 Å². The van der Waals surface area contributed by atoms with Crippen molar-refractivity contribution in [1.82, 2.24) is 0 Å². The average molecular weight is 320 g/mol. The third-order valence-corrected chi connectivity index (χ3v) is 3.76. The van der Waals surface area contributed by atoms with Crippen LogP contribution in [0.1, 0.15) is 27.7 Å². The maximum atomic E-state index is 5.69. The molecule has 1 fully saturated rings. The molecule has 4 unspecified atom stereocenters. The van der Waals surface area contributed by atoms with Gasteiger partial charge in [-0.25, -0.2) is 0 Å². The van der Waals surface area contributed by atoms with E-state index in [9.17, 15) is 0 Å². The maximum absolute atomic E-state index is 5.69. The summed E-state index contributed by atoms with van der Waals surface area (Å²) in [7, 11) is 0. The van der Waals surface area contributed by atoms with E-state index in [1.165, 1.54) is 0 Å². The van der Waals surface area contributed by atoms with Crippen molar-refractivity contribution in [3.8, 4) is 0 Å². The second-order valence-corrected chi connectivity index (χ2v) is 5.53. The monoisotopic (exact) mass is 320 g/mol. The second-order valence-electron chi connectivity index (χ2n) is 5.53. The van der Waals surface area contributed by atoms with Gasteiger partial charge in [0.15, 0.2) is 0 Å². The minimum absolute atomic E-state index is 0.0305. The fourth-order valence-corrected chi connectivity index (χ4v) is 1.92. The Morgan fingerprint density at radius 1 is 0.409 bits per heavy atom. The van der Waals surface area contributed by atoms with Crippen LogP contribution in [0, 0.1) is 0 Å². The summed E-state index contributed by atoms with van der Waals surface area (Å²) in [6.07, 6.45) is 0.122. The van der Waals surface area contributed by atoms with Crippen LogP contribution in [0.25, 0.3) is 0 Å². The maximum Gasteiger partial charge on any atom is 0.0807 e. The Bertz CT molecular complexity index is 213. The molecule has 0 aromatic carbocycles. The van der Waals surface area contributed by atoms with Gasteiger partial charge < -0.3 is 28.4 Å². The number of hydrogen-bond donors (Lipinski definition) is 0. The van der Waals surface area contributed by atoms with Crippen LogP contribution in [-0.2, 0) is 28.4 Å². The number of hydrogen-bond acceptors (Lipinski definition) is 6. The van der Waals surface area contributed by atoms with Crippen LogP contribution in [0.3, 0.4) is 0 Å². The Labute approximate surface area is 134 Å². The Morgan fingerprint density at radius 3 is 0.864 bits per heavy atom. The summed E-state index contributed by atoms with van der Waals surface area (Å²) in [6.45, 7) is 12.5. The zero-order valence-electron chi connectivity index (χ0n) is 14.4. The molecular formula is C16H32O6. The van der Waals surface area contributed by atoms with Crippen LogP contribution in [-0.4, -0.2) is 77.3 Å². The lowest BCUT2D eigenvalue weighted by Gasteiger charge is -2.23. The predicted octanol–water partition coefficient (Wildman–Crippen LogP) is 1.65. The summed E-state index contributed by atoms with van der Waals surface area (Å²) in [4.78, 5) is 0. The normalized spacial score (nSPS) is 35.5. The highest BCUT2D eigenvalue weighted by Gasteiger charge is 2.14. The van der Waals surface area contributed by atoms with Crippen LogP contribution in [0.4, 0.5) is 0 Å². The molecule has 0 spiro atoms. The summed E-state index contributed by atoms with van der Waals surface area (Å²) < 4.78 is 33.7. The molecule has 1 rings (SSSR count). The van der Waals surface area contributed by atoms with Gasteiger partial charge in [0.05, 0.1) is 77.3 Å². The van der Waals surface area contributed by atoms with Gasteiger partial charge in [-0.05, 0) is 27.7 Å². The van der Waals surface area contributed by atoms with Crippen molar-refractivity contribution in [3.05, 3.63) is 0 Å². The van der Waals surface area contributed by atoms with Gasteiger partial charge in [0.2, 0.25) is 0 Å². The van der Waals surface area contributed by atoms with Gasteiger partial charge in [-0.1, -0.05) is 0 Å². The van der Waals surface area contributed by atoms with Crippen LogP contribution >= 0.6 is 0 Å². The molecule has 6 nitrogen and oxygen atoms in total. The Morgan fingerprint density at radius 2 is 0.636 bits per heavy atom. The van der Waals surface area contributed by atoms with Crippen molar-refractivity contribution < 1.29 is 28.4 Å². The summed E-state index contributed by atoms with van der Waals surface area (Å²) >= 11 is 0. The quantitative estimate of drug-likeness (QED) is 0.676. The fraction of sp³-hybridized carbons (Fsp3) is 1.00. The van der Waals surface area contributed by atoms with Gasteiger partial charge in [0.1, 0.15) is 0 Å². The first-order valence-corrected chi connectivity index (χ1v) is 8.23. The molecule has 0 bridgehead atoms. The van der Waals surface area contributed by atoms with E-state index >= 15 is 0 Å². The van der Waals surface area contributed by atoms with E-state index in [0.29, 0.717) is 52.9 Å². The molecule has 1 aliphatic rings. The minimum atomic E-state index is 0.0305. The van der Waals surface area contributed by atoms with E-state index in [0.717, 1.165) is 0 Å². The highest BCUT2D eigenvalue weighted by Crippen LogP contribution is 2.05. The van der Waals surface area contributed by atoms with Gasteiger partial charge in [0.25, 0.3) is 0 Å². The molecule has 22 heavy (non-hydrogen) atoms. The predicted molar refractivity (Wildman–Crippen MR) is 83.3 cm³/mol. The SMILES string of the molecule is CC1OCCOCCOC(C)C(C)OCCOCCOC1C. The molecular weight excluding hydrogens is 288 g/mol. The fourth-order valence-electron chi connectivity index (χ4n) is 1.92. The van der Waals surface area contributed by atoms with Gasteiger partial charge in [0, 0.05) is 0 Å². The number of rotatable bonds is 0. The lowest BCUT2D eigenvalue weighted by Crippen LogP contribution is -2.30. The molecule has 0 amide bonds. The van der Waals surface area contributed by atoms with Crippen molar-refractivity contribution in [2.24, 2.45) is 0 Å². The third kappa shape index (κ3) is 9.02. The molecule has 0 aromatic rings. The molecule has 1 heterocycles. The van der Waals surface area contributed by atoms with Crippen LogP contribution in [0.15, 0.2) is 0 Å². The first-order valence-electron chi connectivity index (χ1n) is 8.23. The largest absolute Gasteiger partial charge is 0.377 e. The molecule has 0 saturated carbocycles. The standard InChI is InChI=1S/C16H32O6/c1-13-14(2)20-10-6-18-8-12-22-16(4)15(3)21-11-7-17-5-9-19-13/h13-16H,5-12H2,1-4H3. The van der Waals surface area contributed by atoms with E-state index in [2.05, 4.69) is 0 Å². The topological polar surface area (TPSA) is 55.4 Å². The first-order chi connectivity index (χ1) is 10.6. The number of ether oxygens (including phenoxy) is 6. The second kappa shape index (κ2) is 12.2. The zero-order chi connectivity index (χ0) is 16.2. The van der Waals surface area contributed by atoms with Crippen molar-refractivity contribution in [3.63, 3.8) is 0 Å². The van der Waals surface area contributed by atoms with Crippen LogP contribution in [0.5, 0.6) is 0 Å². The van der Waals surface area contributed by atoms with E-state index in [4.69, 9.17) is 28.4 Å². The van der Waals surface area contributed by atoms with Crippen molar-refractivity contribution in [2.75, 3.05) is 52.9 Å². The van der Waals surface area contributed by atoms with E-state index in [1.807, 2.05) is 27.7 Å². The highest BCUT2D eigenvalue weighted by atomic mass is 16.6. The van der Waals surface area contributed by atoms with Gasteiger partial charge >= 0.3 is 0 Å². The molecule has 0 N–H and O–H groups in total. The Balaban J connectivity index is 2.31. The van der Waals surface area contributed by atoms with Crippen molar-refractivity contribution >= 4 is 0 Å². The van der Waals surface area contributed by atoms with Crippen LogP contribution in [0.2, 0.25) is 0 Å². The Hall–Kier alpha value is -0.240. The van der Waals surface area contributed by atoms with Gasteiger partial charge in [-0.15, -0.1) is 0 Å². The zero-order valence-corrected chi connectivity index (χ0v) is 14.4. The van der Waals surface area contributed by atoms with Crippen molar-refractivity contribution in [2.45, 2.75) is 52.1 Å². The van der Waals surface area contributed by atoms with Gasteiger partial charge in [-0.2, -0.15) is 0 Å². The summed E-state index contributed by atoms with van der Waals surface area (Å²) in [5.74, 6) is 0. The summed E-state index contributed by atoms with van der Waals surface area (Å²) in [6, 6.07) is 0. The van der Waals surface area contributed by atoms with E-state index < -0.39 is 0 Å². The summed E-state index contributed by atoms with van der Waals surface area (Å²) in [5.41, 5.74) is 0. The highest BCUT2D eigenvalue weighted by molar-refractivity contribution is 4.61. The smallest absolute Gasteiger partial charge is 0.0807 e. The minimum Gasteiger partial charge on any atom is -0.377 e. The molecule has 1 saturated heterocycles. The molecule has 0 aromatic heterocycles. The van der Waals surface area contributed by atoms with E-state index in [-0.39, 0.29) is 24.4 Å². The van der Waals surface area contributed by atoms with Crippen LogP contribution < -0.4 is 0 Å². The average Bonchev–Trinajstić information content (AvgIpc) is 2.51. The molecule has 0 radical (unpaired) electrons. The molecule has 6 heteroatoms. The molecule has 4 atom stereocenters. The van der Waals surface area contributed by atoms with Crippen molar-refractivity contribution in [1.29, 1.82) is 0 Å². The lowest BCUT2D eigenvalue weighted by atomic mass is 10.2. The lowest BCUT2D eigenvalue weighted by molar-refractivity contribution is -0.102. The Kier molecular flexibility index (Phi) is 11.0. The first kappa shape index (κ1) is 19.8.